The molecular weight excluding hydrogens is 330 g/mol. The molecule has 1 saturated heterocycles. The summed E-state index contributed by atoms with van der Waals surface area (Å²) < 4.78 is 5.44. The molecule has 26 heavy (non-hydrogen) atoms. The zero-order valence-corrected chi connectivity index (χ0v) is 15.5. The molecule has 7 heteroatoms. The first kappa shape index (κ1) is 18.1. The van der Waals surface area contributed by atoms with Gasteiger partial charge in [0.25, 0.3) is 5.91 Å². The summed E-state index contributed by atoms with van der Waals surface area (Å²) in [5.41, 5.74) is 2.03. The van der Waals surface area contributed by atoms with E-state index < -0.39 is 0 Å². The third-order valence-corrected chi connectivity index (χ3v) is 4.29. The molecule has 0 bridgehead atoms. The lowest BCUT2D eigenvalue weighted by molar-refractivity contribution is 0.0658. The molecule has 0 radical (unpaired) electrons. The van der Waals surface area contributed by atoms with Crippen molar-refractivity contribution in [1.82, 2.24) is 19.8 Å². The molecule has 0 saturated carbocycles. The van der Waals surface area contributed by atoms with Gasteiger partial charge in [0, 0.05) is 37.6 Å². The molecule has 1 aliphatic rings. The molecule has 1 fully saturated rings. The first-order valence-electron chi connectivity index (χ1n) is 8.88. The van der Waals surface area contributed by atoms with Crippen LogP contribution in [0.3, 0.4) is 0 Å². The molecule has 1 aliphatic heterocycles. The van der Waals surface area contributed by atoms with Crippen molar-refractivity contribution >= 4 is 17.5 Å². The predicted molar refractivity (Wildman–Crippen MR) is 101 cm³/mol. The van der Waals surface area contributed by atoms with Gasteiger partial charge in [-0.3, -0.25) is 4.79 Å². The van der Waals surface area contributed by atoms with Gasteiger partial charge in [0.15, 0.2) is 0 Å². The summed E-state index contributed by atoms with van der Waals surface area (Å²) in [5, 5.41) is 3.16. The maximum Gasteiger partial charge on any atom is 0.272 e. The molecule has 0 spiro atoms. The van der Waals surface area contributed by atoms with Crippen LogP contribution in [0, 0.1) is 6.92 Å². The van der Waals surface area contributed by atoms with E-state index in [1.54, 1.807) is 6.07 Å². The fraction of sp³-hybridized carbons (Fsp3) is 0.421. The lowest BCUT2D eigenvalue weighted by atomic mass is 10.2. The normalized spacial score (nSPS) is 15.0. The molecule has 0 atom stereocenters. The van der Waals surface area contributed by atoms with Crippen LogP contribution in [0.25, 0.3) is 0 Å². The van der Waals surface area contributed by atoms with Crippen molar-refractivity contribution in [2.75, 3.05) is 45.2 Å². The Hall–Kier alpha value is -2.67. The van der Waals surface area contributed by atoms with E-state index in [-0.39, 0.29) is 5.91 Å². The van der Waals surface area contributed by atoms with E-state index in [9.17, 15) is 4.79 Å². The van der Waals surface area contributed by atoms with Crippen molar-refractivity contribution < 1.29 is 9.53 Å². The Labute approximate surface area is 154 Å². The number of carbonyl (C=O) groups excluding carboxylic acids is 1. The quantitative estimate of drug-likeness (QED) is 0.888. The van der Waals surface area contributed by atoms with E-state index in [4.69, 9.17) is 4.74 Å². The highest BCUT2D eigenvalue weighted by Gasteiger charge is 2.22. The Morgan fingerprint density at radius 3 is 2.50 bits per heavy atom. The number of amides is 1. The smallest absolute Gasteiger partial charge is 0.272 e. The monoisotopic (exact) mass is 355 g/mol. The lowest BCUT2D eigenvalue weighted by Crippen LogP contribution is -2.47. The van der Waals surface area contributed by atoms with Crippen LogP contribution >= 0.6 is 0 Å². The number of nitrogens with zero attached hydrogens (tertiary/aromatic N) is 4. The Morgan fingerprint density at radius 2 is 1.85 bits per heavy atom. The predicted octanol–water partition coefficient (Wildman–Crippen LogP) is 2.31. The molecule has 1 aromatic heterocycles. The van der Waals surface area contributed by atoms with Crippen LogP contribution in [-0.2, 0) is 0 Å². The number of ether oxygens (including phenoxy) is 1. The highest BCUT2D eigenvalue weighted by molar-refractivity contribution is 5.92. The van der Waals surface area contributed by atoms with Gasteiger partial charge in [0.2, 0.25) is 5.95 Å². The van der Waals surface area contributed by atoms with Gasteiger partial charge in [-0.25, -0.2) is 9.97 Å². The molecule has 1 N–H and O–H groups in total. The third kappa shape index (κ3) is 4.49. The standard InChI is InChI=1S/C19H25N5O2/c1-4-26-16-7-5-15(6-8-16)21-19-20-14(2)13-17(22-19)18(25)24-11-9-23(3)10-12-24/h5-8,13H,4,9-12H2,1-3H3,(H,20,21,22). The van der Waals surface area contributed by atoms with Crippen LogP contribution in [0.4, 0.5) is 11.6 Å². The molecule has 1 aromatic carbocycles. The minimum Gasteiger partial charge on any atom is -0.494 e. The third-order valence-electron chi connectivity index (χ3n) is 4.29. The Bertz CT molecular complexity index is 755. The van der Waals surface area contributed by atoms with Gasteiger partial charge in [0.1, 0.15) is 11.4 Å². The summed E-state index contributed by atoms with van der Waals surface area (Å²) in [4.78, 5) is 25.6. The van der Waals surface area contributed by atoms with E-state index in [1.165, 1.54) is 0 Å². The Kier molecular flexibility index (Phi) is 5.68. The van der Waals surface area contributed by atoms with Crippen molar-refractivity contribution in [1.29, 1.82) is 0 Å². The number of aromatic nitrogens is 2. The maximum absolute atomic E-state index is 12.8. The molecule has 7 nitrogen and oxygen atoms in total. The van der Waals surface area contributed by atoms with Gasteiger partial charge in [-0.2, -0.15) is 0 Å². The number of likely N-dealkylation sites (N-methyl/N-ethyl adjacent to an activating group) is 1. The number of piperazine rings is 1. The second-order valence-electron chi connectivity index (χ2n) is 6.40. The van der Waals surface area contributed by atoms with Crippen molar-refractivity contribution in [3.63, 3.8) is 0 Å². The van der Waals surface area contributed by atoms with E-state index in [2.05, 4.69) is 27.2 Å². The first-order chi connectivity index (χ1) is 12.5. The highest BCUT2D eigenvalue weighted by atomic mass is 16.5. The number of nitrogens with one attached hydrogen (secondary N) is 1. The topological polar surface area (TPSA) is 70.6 Å². The van der Waals surface area contributed by atoms with E-state index in [0.29, 0.717) is 18.2 Å². The number of hydrogen-bond acceptors (Lipinski definition) is 6. The number of rotatable bonds is 5. The van der Waals surface area contributed by atoms with Gasteiger partial charge in [0.05, 0.1) is 6.61 Å². The van der Waals surface area contributed by atoms with Crippen molar-refractivity contribution in [2.45, 2.75) is 13.8 Å². The van der Waals surface area contributed by atoms with Crippen LogP contribution in [0.15, 0.2) is 30.3 Å². The molecular formula is C19H25N5O2. The average Bonchev–Trinajstić information content (AvgIpc) is 2.63. The van der Waals surface area contributed by atoms with Gasteiger partial charge < -0.3 is 19.9 Å². The van der Waals surface area contributed by atoms with Gasteiger partial charge in [-0.1, -0.05) is 0 Å². The maximum atomic E-state index is 12.8. The van der Waals surface area contributed by atoms with Crippen molar-refractivity contribution in [3.8, 4) is 5.75 Å². The molecule has 2 aromatic rings. The second kappa shape index (κ2) is 8.14. The second-order valence-corrected chi connectivity index (χ2v) is 6.40. The van der Waals surface area contributed by atoms with Gasteiger partial charge in [-0.15, -0.1) is 0 Å². The molecule has 0 aliphatic carbocycles. The number of hydrogen-bond donors (Lipinski definition) is 1. The summed E-state index contributed by atoms with van der Waals surface area (Å²) in [7, 11) is 2.06. The average molecular weight is 355 g/mol. The van der Waals surface area contributed by atoms with Crippen LogP contribution in [0.1, 0.15) is 23.1 Å². The van der Waals surface area contributed by atoms with Gasteiger partial charge >= 0.3 is 0 Å². The summed E-state index contributed by atoms with van der Waals surface area (Å²) in [6.07, 6.45) is 0. The van der Waals surface area contributed by atoms with E-state index in [0.717, 1.165) is 43.3 Å². The number of anilines is 2. The van der Waals surface area contributed by atoms with Crippen LogP contribution < -0.4 is 10.1 Å². The van der Waals surface area contributed by atoms with Crippen LogP contribution in [0.2, 0.25) is 0 Å². The minimum absolute atomic E-state index is 0.0432. The molecule has 1 amide bonds. The highest BCUT2D eigenvalue weighted by Crippen LogP contribution is 2.19. The SMILES string of the molecule is CCOc1ccc(Nc2nc(C)cc(C(=O)N3CCN(C)CC3)n2)cc1. The fourth-order valence-corrected chi connectivity index (χ4v) is 2.84. The molecule has 3 rings (SSSR count). The summed E-state index contributed by atoms with van der Waals surface area (Å²) in [5.74, 6) is 1.19. The zero-order chi connectivity index (χ0) is 18.5. The van der Waals surface area contributed by atoms with E-state index in [1.807, 2.05) is 43.0 Å². The first-order valence-corrected chi connectivity index (χ1v) is 8.88. The summed E-state index contributed by atoms with van der Waals surface area (Å²) >= 11 is 0. The number of benzene rings is 1. The van der Waals surface area contributed by atoms with Crippen molar-refractivity contribution in [3.05, 3.63) is 41.7 Å². The van der Waals surface area contributed by atoms with Crippen LogP contribution in [0.5, 0.6) is 5.75 Å². The number of aryl methyl sites for hydroxylation is 1. The number of carbonyl (C=O) groups is 1. The van der Waals surface area contributed by atoms with E-state index >= 15 is 0 Å². The Balaban J connectivity index is 1.73. The summed E-state index contributed by atoms with van der Waals surface area (Å²) in [6, 6.07) is 9.32. The van der Waals surface area contributed by atoms with Crippen LogP contribution in [-0.4, -0.2) is 65.5 Å². The van der Waals surface area contributed by atoms with Crippen molar-refractivity contribution in [2.24, 2.45) is 0 Å². The molecule has 0 unspecified atom stereocenters. The molecule has 138 valence electrons. The lowest BCUT2D eigenvalue weighted by Gasteiger charge is -2.32. The Morgan fingerprint density at radius 1 is 1.15 bits per heavy atom. The summed E-state index contributed by atoms with van der Waals surface area (Å²) in [6.45, 7) is 7.66. The fourth-order valence-electron chi connectivity index (χ4n) is 2.84. The van der Waals surface area contributed by atoms with Gasteiger partial charge in [-0.05, 0) is 51.2 Å². The molecule has 2 heterocycles. The minimum atomic E-state index is -0.0432. The zero-order valence-electron chi connectivity index (χ0n) is 15.5. The largest absolute Gasteiger partial charge is 0.494 e.